The first kappa shape index (κ1) is 15.3. The average Bonchev–Trinajstić information content (AvgIpc) is 2.50. The fraction of sp³-hybridized carbons (Fsp3) is 0.267. The molecule has 22 heavy (non-hydrogen) atoms. The molecular weight excluding hydrogens is 366 g/mol. The molecule has 0 fully saturated rings. The van der Waals surface area contributed by atoms with E-state index in [9.17, 15) is 9.59 Å². The number of halogens is 1. The summed E-state index contributed by atoms with van der Waals surface area (Å²) < 4.78 is 2.69. The van der Waals surface area contributed by atoms with Gasteiger partial charge in [0.1, 0.15) is 5.82 Å². The number of hydrogen-bond donors (Lipinski definition) is 1. The topological polar surface area (TPSA) is 64.0 Å². The van der Waals surface area contributed by atoms with Crippen molar-refractivity contribution in [2.24, 2.45) is 7.05 Å². The number of fused-ring (bicyclic) bond motifs is 1. The first-order valence-corrected chi connectivity index (χ1v) is 8.73. The number of thioether (sulfide) groups is 1. The van der Waals surface area contributed by atoms with Gasteiger partial charge in [0.05, 0.1) is 5.56 Å². The van der Waals surface area contributed by atoms with E-state index in [4.69, 9.17) is 0 Å². The number of hydrogen-bond acceptors (Lipinski definition) is 4. The standard InChI is InChI=1S/C15H14BrN3O2S/c1-19-13-12(14(21)18-15(19)22-2)10(7-11(20)17-13)8-4-3-5-9(16)6-8/h3-6,10H,7H2,1-2H3,(H,17,20)/t10-/m0/s1. The van der Waals surface area contributed by atoms with E-state index in [1.165, 1.54) is 11.8 Å². The van der Waals surface area contributed by atoms with Gasteiger partial charge in [0.25, 0.3) is 5.56 Å². The highest BCUT2D eigenvalue weighted by atomic mass is 79.9. The molecule has 1 amide bonds. The van der Waals surface area contributed by atoms with Crippen LogP contribution in [0.4, 0.5) is 5.82 Å². The molecular formula is C15H14BrN3O2S. The SMILES string of the molecule is CSc1nc(=O)c2c(n1C)NC(=O)C[C@H]2c1cccc(Br)c1. The van der Waals surface area contributed by atoms with Gasteiger partial charge in [-0.2, -0.15) is 4.98 Å². The second-order valence-electron chi connectivity index (χ2n) is 5.08. The molecule has 1 aliphatic heterocycles. The number of aromatic nitrogens is 2. The molecule has 1 N–H and O–H groups in total. The van der Waals surface area contributed by atoms with Gasteiger partial charge in [0.15, 0.2) is 5.16 Å². The molecule has 0 radical (unpaired) electrons. The molecule has 7 heteroatoms. The Morgan fingerprint density at radius 2 is 2.18 bits per heavy atom. The second-order valence-corrected chi connectivity index (χ2v) is 6.77. The Bertz CT molecular complexity index is 819. The van der Waals surface area contributed by atoms with Gasteiger partial charge in [0.2, 0.25) is 5.91 Å². The molecule has 0 aliphatic carbocycles. The predicted molar refractivity (Wildman–Crippen MR) is 90.5 cm³/mol. The van der Waals surface area contributed by atoms with E-state index in [2.05, 4.69) is 26.2 Å². The van der Waals surface area contributed by atoms with Gasteiger partial charge in [-0.05, 0) is 24.0 Å². The number of nitrogens with zero attached hydrogens (tertiary/aromatic N) is 2. The van der Waals surface area contributed by atoms with E-state index < -0.39 is 0 Å². The fourth-order valence-corrected chi connectivity index (χ4v) is 3.68. The van der Waals surface area contributed by atoms with Gasteiger partial charge in [-0.25, -0.2) is 0 Å². The van der Waals surface area contributed by atoms with E-state index in [1.807, 2.05) is 30.5 Å². The van der Waals surface area contributed by atoms with Crippen LogP contribution in [0.15, 0.2) is 38.7 Å². The van der Waals surface area contributed by atoms with Crippen molar-refractivity contribution in [2.45, 2.75) is 17.5 Å². The van der Waals surface area contributed by atoms with Crippen LogP contribution in [-0.4, -0.2) is 21.7 Å². The van der Waals surface area contributed by atoms with Crippen LogP contribution < -0.4 is 10.9 Å². The average molecular weight is 380 g/mol. The maximum absolute atomic E-state index is 12.5. The summed E-state index contributed by atoms with van der Waals surface area (Å²) in [7, 11) is 1.81. The third kappa shape index (κ3) is 2.59. The molecule has 2 heterocycles. The van der Waals surface area contributed by atoms with Gasteiger partial charge in [-0.1, -0.05) is 39.8 Å². The number of rotatable bonds is 2. The normalized spacial score (nSPS) is 17.0. The van der Waals surface area contributed by atoms with Gasteiger partial charge >= 0.3 is 0 Å². The number of nitrogens with one attached hydrogen (secondary N) is 1. The maximum Gasteiger partial charge on any atom is 0.279 e. The summed E-state index contributed by atoms with van der Waals surface area (Å²) in [5.74, 6) is 0.180. The Kier molecular flexibility index (Phi) is 4.10. The number of carbonyl (C=O) groups is 1. The molecule has 0 spiro atoms. The minimum absolute atomic E-state index is 0.0919. The van der Waals surface area contributed by atoms with Crippen LogP contribution in [0, 0.1) is 0 Å². The van der Waals surface area contributed by atoms with Gasteiger partial charge in [-0.15, -0.1) is 0 Å². The Morgan fingerprint density at radius 3 is 2.86 bits per heavy atom. The summed E-state index contributed by atoms with van der Waals surface area (Å²) in [6, 6.07) is 7.69. The van der Waals surface area contributed by atoms with E-state index in [0.29, 0.717) is 16.5 Å². The van der Waals surface area contributed by atoms with Gasteiger partial charge < -0.3 is 9.88 Å². The molecule has 1 aliphatic rings. The summed E-state index contributed by atoms with van der Waals surface area (Å²) in [6.07, 6.45) is 2.10. The van der Waals surface area contributed by atoms with Crippen molar-refractivity contribution in [3.05, 3.63) is 50.2 Å². The molecule has 5 nitrogen and oxygen atoms in total. The Balaban J connectivity index is 2.24. The smallest absolute Gasteiger partial charge is 0.279 e. The van der Waals surface area contributed by atoms with Crippen LogP contribution in [-0.2, 0) is 11.8 Å². The van der Waals surface area contributed by atoms with Crippen LogP contribution in [0.1, 0.15) is 23.5 Å². The number of benzene rings is 1. The second kappa shape index (κ2) is 5.89. The Hall–Kier alpha value is -1.60. The zero-order valence-electron chi connectivity index (χ0n) is 12.1. The summed E-state index contributed by atoms with van der Waals surface area (Å²) >= 11 is 4.81. The van der Waals surface area contributed by atoms with Crippen LogP contribution in [0.3, 0.4) is 0 Å². The minimum atomic E-state index is -0.276. The van der Waals surface area contributed by atoms with E-state index in [-0.39, 0.29) is 23.8 Å². The van der Waals surface area contributed by atoms with Crippen molar-refractivity contribution >= 4 is 39.4 Å². The predicted octanol–water partition coefficient (Wildman–Crippen LogP) is 2.74. The van der Waals surface area contributed by atoms with E-state index in [0.717, 1.165) is 10.0 Å². The molecule has 0 bridgehead atoms. The lowest BCUT2D eigenvalue weighted by molar-refractivity contribution is -0.116. The summed E-state index contributed by atoms with van der Waals surface area (Å²) in [5, 5.41) is 3.40. The van der Waals surface area contributed by atoms with Crippen LogP contribution in [0.25, 0.3) is 0 Å². The van der Waals surface area contributed by atoms with Crippen molar-refractivity contribution in [3.63, 3.8) is 0 Å². The molecule has 1 aromatic carbocycles. The lowest BCUT2D eigenvalue weighted by Gasteiger charge is -2.27. The Morgan fingerprint density at radius 1 is 1.41 bits per heavy atom. The van der Waals surface area contributed by atoms with E-state index >= 15 is 0 Å². The molecule has 0 saturated carbocycles. The first-order valence-electron chi connectivity index (χ1n) is 6.71. The molecule has 0 saturated heterocycles. The largest absolute Gasteiger partial charge is 0.312 e. The molecule has 3 rings (SSSR count). The van der Waals surface area contributed by atoms with Crippen molar-refractivity contribution in [3.8, 4) is 0 Å². The monoisotopic (exact) mass is 379 g/mol. The molecule has 114 valence electrons. The third-order valence-corrected chi connectivity index (χ3v) is 4.96. The van der Waals surface area contributed by atoms with Crippen LogP contribution in [0.5, 0.6) is 0 Å². The van der Waals surface area contributed by atoms with Gasteiger partial charge in [0, 0.05) is 23.9 Å². The lowest BCUT2D eigenvalue weighted by atomic mass is 9.87. The minimum Gasteiger partial charge on any atom is -0.312 e. The zero-order valence-corrected chi connectivity index (χ0v) is 14.5. The molecule has 2 aromatic rings. The maximum atomic E-state index is 12.5. The summed E-state index contributed by atoms with van der Waals surface area (Å²) in [5.41, 5.74) is 1.21. The number of amides is 1. The van der Waals surface area contributed by atoms with Crippen molar-refractivity contribution in [1.29, 1.82) is 0 Å². The van der Waals surface area contributed by atoms with Crippen molar-refractivity contribution < 1.29 is 4.79 Å². The molecule has 0 unspecified atom stereocenters. The highest BCUT2D eigenvalue weighted by Gasteiger charge is 2.31. The van der Waals surface area contributed by atoms with Gasteiger partial charge in [-0.3, -0.25) is 9.59 Å². The fourth-order valence-electron chi connectivity index (χ4n) is 2.73. The first-order chi connectivity index (χ1) is 10.5. The highest BCUT2D eigenvalue weighted by molar-refractivity contribution is 9.10. The quantitative estimate of drug-likeness (QED) is 0.643. The summed E-state index contributed by atoms with van der Waals surface area (Å²) in [6.45, 7) is 0. The summed E-state index contributed by atoms with van der Waals surface area (Å²) in [4.78, 5) is 28.7. The van der Waals surface area contributed by atoms with E-state index in [1.54, 1.807) is 11.6 Å². The number of anilines is 1. The number of carbonyl (C=O) groups excluding carboxylic acids is 1. The third-order valence-electron chi connectivity index (χ3n) is 3.73. The highest BCUT2D eigenvalue weighted by Crippen LogP contribution is 2.36. The van der Waals surface area contributed by atoms with Crippen molar-refractivity contribution in [1.82, 2.24) is 9.55 Å². The molecule has 1 atom stereocenters. The Labute approximate surface area is 140 Å². The van der Waals surface area contributed by atoms with Crippen LogP contribution >= 0.6 is 27.7 Å². The molecule has 1 aromatic heterocycles. The zero-order chi connectivity index (χ0) is 15.9. The lowest BCUT2D eigenvalue weighted by Crippen LogP contribution is -2.33. The van der Waals surface area contributed by atoms with Crippen LogP contribution in [0.2, 0.25) is 0 Å². The van der Waals surface area contributed by atoms with Crippen molar-refractivity contribution in [2.75, 3.05) is 11.6 Å².